The summed E-state index contributed by atoms with van der Waals surface area (Å²) in [5.41, 5.74) is 0.691. The molecule has 1 aliphatic heterocycles. The molecule has 136 valence electrons. The van der Waals surface area contributed by atoms with Gasteiger partial charge in [0, 0.05) is 19.4 Å². The number of carbonyl (C=O) groups is 3. The molecule has 25 heavy (non-hydrogen) atoms. The van der Waals surface area contributed by atoms with Crippen LogP contribution in [0.5, 0.6) is 0 Å². The van der Waals surface area contributed by atoms with Crippen LogP contribution in [0, 0.1) is 5.92 Å². The second kappa shape index (κ2) is 7.54. The minimum absolute atomic E-state index is 0.0366. The summed E-state index contributed by atoms with van der Waals surface area (Å²) in [6, 6.07) is 7.39. The maximum absolute atomic E-state index is 12.4. The normalized spacial score (nSPS) is 18.9. The third-order valence-corrected chi connectivity index (χ3v) is 3.85. The third-order valence-electron chi connectivity index (χ3n) is 3.85. The van der Waals surface area contributed by atoms with Crippen molar-refractivity contribution in [3.05, 3.63) is 35.9 Å². The van der Waals surface area contributed by atoms with Gasteiger partial charge in [0.15, 0.2) is 0 Å². The van der Waals surface area contributed by atoms with Crippen LogP contribution in [0.4, 0.5) is 13.2 Å². The summed E-state index contributed by atoms with van der Waals surface area (Å²) in [5, 5.41) is 11.6. The molecule has 6 nitrogen and oxygen atoms in total. The molecule has 2 atom stereocenters. The van der Waals surface area contributed by atoms with Gasteiger partial charge in [-0.2, -0.15) is 13.2 Å². The number of hydrogen-bond acceptors (Lipinski definition) is 3. The van der Waals surface area contributed by atoms with E-state index >= 15 is 0 Å². The summed E-state index contributed by atoms with van der Waals surface area (Å²) in [6.07, 6.45) is -4.87. The zero-order valence-corrected chi connectivity index (χ0v) is 13.1. The van der Waals surface area contributed by atoms with E-state index in [1.165, 1.54) is 0 Å². The van der Waals surface area contributed by atoms with Gasteiger partial charge in [-0.1, -0.05) is 30.3 Å². The van der Waals surface area contributed by atoms with Gasteiger partial charge in [0.1, 0.15) is 12.6 Å². The second-order valence-electron chi connectivity index (χ2n) is 5.88. The van der Waals surface area contributed by atoms with Gasteiger partial charge >= 0.3 is 12.1 Å². The summed E-state index contributed by atoms with van der Waals surface area (Å²) >= 11 is 0. The number of carboxylic acid groups (broad SMARTS) is 1. The van der Waals surface area contributed by atoms with Gasteiger partial charge in [0.25, 0.3) is 0 Å². The van der Waals surface area contributed by atoms with Crippen molar-refractivity contribution in [2.45, 2.75) is 25.1 Å². The molecule has 1 aliphatic rings. The van der Waals surface area contributed by atoms with Crippen molar-refractivity contribution in [1.29, 1.82) is 0 Å². The van der Waals surface area contributed by atoms with E-state index in [1.54, 1.807) is 30.3 Å². The SMILES string of the molecule is O=C(N[C@H](Cc1ccccc1)C(=O)O)C1CC(=O)N(CC(F)(F)F)C1. The van der Waals surface area contributed by atoms with Crippen LogP contribution in [0.2, 0.25) is 0 Å². The number of alkyl halides is 3. The second-order valence-corrected chi connectivity index (χ2v) is 5.88. The molecule has 1 aromatic rings. The van der Waals surface area contributed by atoms with Crippen LogP contribution < -0.4 is 5.32 Å². The van der Waals surface area contributed by atoms with Gasteiger partial charge in [-0.05, 0) is 5.56 Å². The highest BCUT2D eigenvalue weighted by Gasteiger charge is 2.41. The Bertz CT molecular complexity index is 649. The highest BCUT2D eigenvalue weighted by atomic mass is 19.4. The summed E-state index contributed by atoms with van der Waals surface area (Å²) in [5.74, 6) is -3.75. The molecule has 2 N–H and O–H groups in total. The van der Waals surface area contributed by atoms with Crippen molar-refractivity contribution in [1.82, 2.24) is 10.2 Å². The standard InChI is InChI=1S/C16H17F3N2O4/c17-16(18,19)9-21-8-11(7-13(21)22)14(23)20-12(15(24)25)6-10-4-2-1-3-5-10/h1-5,11-12H,6-9H2,(H,20,23)(H,24,25)/t11?,12-/m1/s1. The Morgan fingerprint density at radius 3 is 2.48 bits per heavy atom. The van der Waals surface area contributed by atoms with Crippen LogP contribution in [0.25, 0.3) is 0 Å². The number of nitrogens with zero attached hydrogens (tertiary/aromatic N) is 1. The third kappa shape index (κ3) is 5.47. The van der Waals surface area contributed by atoms with E-state index in [2.05, 4.69) is 5.32 Å². The van der Waals surface area contributed by atoms with E-state index in [-0.39, 0.29) is 19.4 Å². The summed E-state index contributed by atoms with van der Waals surface area (Å²) in [4.78, 5) is 35.7. The highest BCUT2D eigenvalue weighted by molar-refractivity contribution is 5.91. The Labute approximate surface area is 141 Å². The molecular weight excluding hydrogens is 341 g/mol. The van der Waals surface area contributed by atoms with Crippen LogP contribution in [0.15, 0.2) is 30.3 Å². The predicted octanol–water partition coefficient (Wildman–Crippen LogP) is 1.21. The molecule has 0 aliphatic carbocycles. The first-order chi connectivity index (χ1) is 11.7. The number of benzene rings is 1. The highest BCUT2D eigenvalue weighted by Crippen LogP contribution is 2.24. The van der Waals surface area contributed by atoms with Gasteiger partial charge in [-0.3, -0.25) is 9.59 Å². The molecule has 2 rings (SSSR count). The summed E-state index contributed by atoms with van der Waals surface area (Å²) < 4.78 is 37.2. The lowest BCUT2D eigenvalue weighted by molar-refractivity contribution is -0.157. The molecule has 1 unspecified atom stereocenters. The first-order valence-corrected chi connectivity index (χ1v) is 7.57. The first kappa shape index (κ1) is 18.8. The Balaban J connectivity index is 1.97. The first-order valence-electron chi connectivity index (χ1n) is 7.57. The number of halogens is 3. The van der Waals surface area contributed by atoms with E-state index in [1.807, 2.05) is 0 Å². The fraction of sp³-hybridized carbons (Fsp3) is 0.438. The average molecular weight is 358 g/mol. The van der Waals surface area contributed by atoms with E-state index < -0.39 is 42.5 Å². The molecule has 1 heterocycles. The van der Waals surface area contributed by atoms with E-state index in [4.69, 9.17) is 0 Å². The average Bonchev–Trinajstić information content (AvgIpc) is 2.86. The molecular formula is C16H17F3N2O4. The van der Waals surface area contributed by atoms with E-state index in [0.29, 0.717) is 10.5 Å². The summed E-state index contributed by atoms with van der Waals surface area (Å²) in [7, 11) is 0. The van der Waals surface area contributed by atoms with Gasteiger partial charge in [-0.25, -0.2) is 4.79 Å². The monoisotopic (exact) mass is 358 g/mol. The maximum Gasteiger partial charge on any atom is 0.406 e. The molecule has 0 spiro atoms. The molecule has 0 radical (unpaired) electrons. The summed E-state index contributed by atoms with van der Waals surface area (Å²) in [6.45, 7) is -1.79. The zero-order chi connectivity index (χ0) is 18.6. The van der Waals surface area contributed by atoms with Crippen LogP contribution >= 0.6 is 0 Å². The number of nitrogens with one attached hydrogen (secondary N) is 1. The molecule has 9 heteroatoms. The number of aliphatic carboxylic acids is 1. The van der Waals surface area contributed by atoms with Gasteiger partial charge in [0.2, 0.25) is 11.8 Å². The van der Waals surface area contributed by atoms with Gasteiger partial charge in [-0.15, -0.1) is 0 Å². The van der Waals surface area contributed by atoms with Crippen molar-refractivity contribution in [2.75, 3.05) is 13.1 Å². The van der Waals surface area contributed by atoms with Crippen LogP contribution in [0.1, 0.15) is 12.0 Å². The predicted molar refractivity (Wildman–Crippen MR) is 80.5 cm³/mol. The Hall–Kier alpha value is -2.58. The fourth-order valence-corrected chi connectivity index (χ4v) is 2.66. The zero-order valence-electron chi connectivity index (χ0n) is 13.1. The lowest BCUT2D eigenvalue weighted by Crippen LogP contribution is -2.45. The molecule has 1 fully saturated rings. The molecule has 2 amide bonds. The van der Waals surface area contributed by atoms with Crippen molar-refractivity contribution < 1.29 is 32.7 Å². The topological polar surface area (TPSA) is 86.7 Å². The van der Waals surface area contributed by atoms with Crippen LogP contribution in [-0.2, 0) is 20.8 Å². The fourth-order valence-electron chi connectivity index (χ4n) is 2.66. The van der Waals surface area contributed by atoms with E-state index in [9.17, 15) is 32.7 Å². The number of rotatable bonds is 6. The number of hydrogen-bond donors (Lipinski definition) is 2. The minimum Gasteiger partial charge on any atom is -0.480 e. The Morgan fingerprint density at radius 2 is 1.92 bits per heavy atom. The smallest absolute Gasteiger partial charge is 0.406 e. The maximum atomic E-state index is 12.4. The van der Waals surface area contributed by atoms with Crippen molar-refractivity contribution in [3.8, 4) is 0 Å². The minimum atomic E-state index is -4.54. The molecule has 0 aromatic heterocycles. The number of amides is 2. The lowest BCUT2D eigenvalue weighted by atomic mass is 10.0. The van der Waals surface area contributed by atoms with Crippen molar-refractivity contribution in [2.24, 2.45) is 5.92 Å². The van der Waals surface area contributed by atoms with Crippen LogP contribution in [0.3, 0.4) is 0 Å². The van der Waals surface area contributed by atoms with Crippen LogP contribution in [-0.4, -0.2) is 53.1 Å². The van der Waals surface area contributed by atoms with Gasteiger partial charge in [0.05, 0.1) is 5.92 Å². The van der Waals surface area contributed by atoms with E-state index in [0.717, 1.165) is 0 Å². The number of carboxylic acids is 1. The van der Waals surface area contributed by atoms with Gasteiger partial charge < -0.3 is 15.3 Å². The molecule has 1 aromatic carbocycles. The Kier molecular flexibility index (Phi) is 5.66. The lowest BCUT2D eigenvalue weighted by Gasteiger charge is -2.19. The van der Waals surface area contributed by atoms with Crippen molar-refractivity contribution in [3.63, 3.8) is 0 Å². The molecule has 0 bridgehead atoms. The molecule has 0 saturated carbocycles. The number of likely N-dealkylation sites (tertiary alicyclic amines) is 1. The molecule has 1 saturated heterocycles. The largest absolute Gasteiger partial charge is 0.480 e. The Morgan fingerprint density at radius 1 is 1.28 bits per heavy atom. The van der Waals surface area contributed by atoms with Crippen molar-refractivity contribution >= 4 is 17.8 Å². The quantitative estimate of drug-likeness (QED) is 0.800. The number of carbonyl (C=O) groups excluding carboxylic acids is 2.